The van der Waals surface area contributed by atoms with Crippen LogP contribution in [-0.4, -0.2) is 27.5 Å². The maximum Gasteiger partial charge on any atom is 0.273 e. The van der Waals surface area contributed by atoms with Crippen molar-refractivity contribution in [3.05, 3.63) is 77.5 Å². The zero-order valence-electron chi connectivity index (χ0n) is 14.4. The van der Waals surface area contributed by atoms with Gasteiger partial charge in [0, 0.05) is 17.7 Å². The number of H-pyrrole nitrogens is 1. The monoisotopic (exact) mass is 331 g/mol. The Bertz CT molecular complexity index is 884. The highest BCUT2D eigenvalue weighted by Gasteiger charge is 2.42. The highest BCUT2D eigenvalue weighted by molar-refractivity contribution is 6.00. The summed E-state index contributed by atoms with van der Waals surface area (Å²) in [6.45, 7) is 4.99. The smallest absolute Gasteiger partial charge is 0.273 e. The summed E-state index contributed by atoms with van der Waals surface area (Å²) in [5.41, 5.74) is 4.62. The Morgan fingerprint density at radius 3 is 2.32 bits per heavy atom. The van der Waals surface area contributed by atoms with Gasteiger partial charge in [-0.3, -0.25) is 9.89 Å². The topological polar surface area (TPSA) is 49.0 Å². The lowest BCUT2D eigenvalue weighted by Gasteiger charge is -2.27. The molecule has 1 aromatic heterocycles. The van der Waals surface area contributed by atoms with Crippen molar-refractivity contribution < 1.29 is 4.79 Å². The molecule has 0 saturated heterocycles. The lowest BCUT2D eigenvalue weighted by Crippen LogP contribution is -2.32. The van der Waals surface area contributed by atoms with E-state index in [1.54, 1.807) is 0 Å². The summed E-state index contributed by atoms with van der Waals surface area (Å²) < 4.78 is 0. The van der Waals surface area contributed by atoms with Crippen LogP contribution >= 0.6 is 0 Å². The average molecular weight is 331 g/mol. The van der Waals surface area contributed by atoms with Gasteiger partial charge in [-0.15, -0.1) is 0 Å². The van der Waals surface area contributed by atoms with Crippen LogP contribution in [0.5, 0.6) is 0 Å². The molecule has 1 unspecified atom stereocenters. The molecule has 1 aliphatic heterocycles. The Morgan fingerprint density at radius 1 is 1.04 bits per heavy atom. The summed E-state index contributed by atoms with van der Waals surface area (Å²) in [5, 5.41) is 7.47. The van der Waals surface area contributed by atoms with E-state index in [1.807, 2.05) is 53.4 Å². The first-order valence-corrected chi connectivity index (χ1v) is 8.66. The number of rotatable bonds is 4. The van der Waals surface area contributed by atoms with E-state index in [4.69, 9.17) is 0 Å². The number of carbonyl (C=O) groups is 1. The second kappa shape index (κ2) is 6.20. The molecule has 4 heteroatoms. The molecule has 25 heavy (non-hydrogen) atoms. The van der Waals surface area contributed by atoms with Crippen LogP contribution in [0.25, 0.3) is 11.3 Å². The van der Waals surface area contributed by atoms with Crippen molar-refractivity contribution in [3.8, 4) is 11.3 Å². The zero-order chi connectivity index (χ0) is 17.4. The molecule has 0 radical (unpaired) electrons. The van der Waals surface area contributed by atoms with E-state index in [0.717, 1.165) is 28.9 Å². The lowest BCUT2D eigenvalue weighted by atomic mass is 9.96. The van der Waals surface area contributed by atoms with Gasteiger partial charge in [0.05, 0.1) is 11.7 Å². The SMILES string of the molecule is CC(C)CN1C(=O)c2[nH]nc(-c3ccccc3)c2C1c1ccccc1. The number of carbonyl (C=O) groups excluding carboxylic acids is 1. The molecule has 1 aliphatic rings. The largest absolute Gasteiger partial charge is 0.326 e. The van der Waals surface area contributed by atoms with Crippen LogP contribution in [0.15, 0.2) is 60.7 Å². The first-order chi connectivity index (χ1) is 12.2. The number of aromatic amines is 1. The van der Waals surface area contributed by atoms with Gasteiger partial charge in [0.15, 0.2) is 0 Å². The van der Waals surface area contributed by atoms with Gasteiger partial charge in [0.2, 0.25) is 0 Å². The number of nitrogens with one attached hydrogen (secondary N) is 1. The second-order valence-electron chi connectivity index (χ2n) is 6.89. The molecule has 0 fully saturated rings. The van der Waals surface area contributed by atoms with Crippen LogP contribution in [0.3, 0.4) is 0 Å². The molecule has 126 valence electrons. The molecule has 4 rings (SSSR count). The molecule has 0 saturated carbocycles. The molecule has 4 nitrogen and oxygen atoms in total. The minimum absolute atomic E-state index is 0.0345. The highest BCUT2D eigenvalue weighted by Crippen LogP contribution is 2.42. The van der Waals surface area contributed by atoms with Gasteiger partial charge in [-0.1, -0.05) is 74.5 Å². The molecule has 0 bridgehead atoms. The Kier molecular flexibility index (Phi) is 3.88. The van der Waals surface area contributed by atoms with E-state index in [2.05, 4.69) is 36.2 Å². The predicted molar refractivity (Wildman–Crippen MR) is 98.2 cm³/mol. The fourth-order valence-electron chi connectivity index (χ4n) is 3.58. The van der Waals surface area contributed by atoms with E-state index >= 15 is 0 Å². The third kappa shape index (κ3) is 2.64. The third-order valence-electron chi connectivity index (χ3n) is 4.59. The summed E-state index contributed by atoms with van der Waals surface area (Å²) in [6, 6.07) is 20.2. The first kappa shape index (κ1) is 15.6. The minimum atomic E-state index is -0.0972. The second-order valence-corrected chi connectivity index (χ2v) is 6.89. The number of hydrogen-bond donors (Lipinski definition) is 1. The fourth-order valence-corrected chi connectivity index (χ4v) is 3.58. The van der Waals surface area contributed by atoms with Crippen molar-refractivity contribution >= 4 is 5.91 Å². The van der Waals surface area contributed by atoms with Crippen LogP contribution in [0.4, 0.5) is 0 Å². The van der Waals surface area contributed by atoms with Crippen molar-refractivity contribution in [2.45, 2.75) is 19.9 Å². The number of hydrogen-bond acceptors (Lipinski definition) is 2. The van der Waals surface area contributed by atoms with E-state index < -0.39 is 0 Å². The molecule has 1 atom stereocenters. The van der Waals surface area contributed by atoms with Crippen molar-refractivity contribution in [2.75, 3.05) is 6.54 Å². The van der Waals surface area contributed by atoms with Gasteiger partial charge >= 0.3 is 0 Å². The Balaban J connectivity index is 1.89. The molecule has 0 aliphatic carbocycles. The number of nitrogens with zero attached hydrogens (tertiary/aromatic N) is 2. The van der Waals surface area contributed by atoms with Crippen molar-refractivity contribution in [3.63, 3.8) is 0 Å². The van der Waals surface area contributed by atoms with Gasteiger partial charge in [0.1, 0.15) is 5.69 Å². The van der Waals surface area contributed by atoms with Crippen LogP contribution < -0.4 is 0 Å². The van der Waals surface area contributed by atoms with Crippen molar-refractivity contribution in [1.82, 2.24) is 15.1 Å². The zero-order valence-corrected chi connectivity index (χ0v) is 14.4. The lowest BCUT2D eigenvalue weighted by molar-refractivity contribution is 0.0722. The number of benzene rings is 2. The minimum Gasteiger partial charge on any atom is -0.326 e. The van der Waals surface area contributed by atoms with Gasteiger partial charge < -0.3 is 4.90 Å². The molecule has 1 N–H and O–H groups in total. The predicted octanol–water partition coefficient (Wildman–Crippen LogP) is 4.28. The summed E-state index contributed by atoms with van der Waals surface area (Å²) in [5.74, 6) is 0.430. The molecule has 2 heterocycles. The number of aromatic nitrogens is 2. The number of fused-ring (bicyclic) bond motifs is 1. The van der Waals surface area contributed by atoms with Crippen LogP contribution in [-0.2, 0) is 0 Å². The Labute approximate surface area is 147 Å². The molecule has 1 amide bonds. The van der Waals surface area contributed by atoms with Crippen LogP contribution in [0.1, 0.15) is 41.5 Å². The van der Waals surface area contributed by atoms with E-state index in [-0.39, 0.29) is 11.9 Å². The quantitative estimate of drug-likeness (QED) is 0.776. The summed E-state index contributed by atoms with van der Waals surface area (Å²) in [7, 11) is 0. The average Bonchev–Trinajstić information content (AvgIpc) is 3.16. The Hall–Kier alpha value is -2.88. The molecule has 2 aromatic carbocycles. The van der Waals surface area contributed by atoms with Crippen LogP contribution in [0, 0.1) is 5.92 Å². The van der Waals surface area contributed by atoms with E-state index in [0.29, 0.717) is 11.6 Å². The van der Waals surface area contributed by atoms with E-state index in [9.17, 15) is 4.79 Å². The summed E-state index contributed by atoms with van der Waals surface area (Å²) >= 11 is 0. The molecular formula is C21H21N3O. The molecule has 3 aromatic rings. The van der Waals surface area contributed by atoms with Gasteiger partial charge in [-0.05, 0) is 11.5 Å². The standard InChI is InChI=1S/C21H21N3O/c1-14(2)13-24-20(16-11-7-4-8-12-16)17-18(15-9-5-3-6-10-15)22-23-19(17)21(24)25/h3-12,14,20H,13H2,1-2H3,(H,22,23). The normalized spacial score (nSPS) is 16.5. The maximum atomic E-state index is 13.0. The molecule has 0 spiro atoms. The first-order valence-electron chi connectivity index (χ1n) is 8.66. The maximum absolute atomic E-state index is 13.0. The number of amides is 1. The van der Waals surface area contributed by atoms with E-state index in [1.165, 1.54) is 0 Å². The van der Waals surface area contributed by atoms with Crippen molar-refractivity contribution in [1.29, 1.82) is 0 Å². The summed E-state index contributed by atoms with van der Waals surface area (Å²) in [6.07, 6.45) is 0. The molecular weight excluding hydrogens is 310 g/mol. The van der Waals surface area contributed by atoms with Crippen LogP contribution in [0.2, 0.25) is 0 Å². The van der Waals surface area contributed by atoms with Gasteiger partial charge in [-0.25, -0.2) is 0 Å². The third-order valence-corrected chi connectivity index (χ3v) is 4.59. The van der Waals surface area contributed by atoms with Gasteiger partial charge in [-0.2, -0.15) is 5.10 Å². The van der Waals surface area contributed by atoms with Gasteiger partial charge in [0.25, 0.3) is 5.91 Å². The Morgan fingerprint density at radius 2 is 1.68 bits per heavy atom. The van der Waals surface area contributed by atoms with Crippen molar-refractivity contribution in [2.24, 2.45) is 5.92 Å². The summed E-state index contributed by atoms with van der Waals surface area (Å²) in [4.78, 5) is 15.0. The highest BCUT2D eigenvalue weighted by atomic mass is 16.2. The fraction of sp³-hybridized carbons (Fsp3) is 0.238.